The molecule has 1 fully saturated rings. The van der Waals surface area contributed by atoms with E-state index in [1.165, 1.54) is 17.2 Å². The number of fused-ring (bicyclic) bond motifs is 1. The van der Waals surface area contributed by atoms with Gasteiger partial charge in [0.15, 0.2) is 17.7 Å². The SMILES string of the molecule is CCCCCCCC(=O)OP(=O)([O-])OC[C@H]1O[C@@H](n2cnc3c(N)ncnc32)[C@H](O)[C@@H]1O. The molecule has 178 valence electrons. The number of aliphatic hydroxyl groups excluding tert-OH is 2. The Balaban J connectivity index is 1.54. The standard InChI is InChI=1S/C18H28N5O8P/c1-2-3-4-5-6-7-12(24)31-32(27,28)29-8-11-14(25)15(26)18(30-11)23-10-22-13-16(19)20-9-21-17(13)23/h9-11,14-15,18,25-26H,2-8H2,1H3,(H,27,28)(H2,19,20,21)/p-1/t11-,14-,15-,18-/m1/s1. The fourth-order valence-corrected chi connectivity index (χ4v) is 4.11. The highest BCUT2D eigenvalue weighted by atomic mass is 31.2. The first-order valence-electron chi connectivity index (χ1n) is 10.4. The molecule has 0 bridgehead atoms. The van der Waals surface area contributed by atoms with Crippen LogP contribution in [0.4, 0.5) is 5.82 Å². The first kappa shape index (κ1) is 24.5. The maximum Gasteiger partial charge on any atom is 0.322 e. The van der Waals surface area contributed by atoms with Gasteiger partial charge < -0.3 is 34.6 Å². The first-order chi connectivity index (χ1) is 15.2. The Bertz CT molecular complexity index is 972. The molecule has 1 saturated heterocycles. The molecular formula is C18H27N5O8P-. The van der Waals surface area contributed by atoms with Gasteiger partial charge in [0.05, 0.1) is 12.9 Å². The fraction of sp³-hybridized carbons (Fsp3) is 0.667. The van der Waals surface area contributed by atoms with Crippen molar-refractivity contribution in [2.75, 3.05) is 12.3 Å². The molecule has 0 aromatic carbocycles. The van der Waals surface area contributed by atoms with Crippen molar-refractivity contribution in [1.29, 1.82) is 0 Å². The Hall–Kier alpha value is -2.15. The summed E-state index contributed by atoms with van der Waals surface area (Å²) in [5.74, 6) is -0.783. The van der Waals surface area contributed by atoms with Crippen LogP contribution in [0.2, 0.25) is 0 Å². The molecule has 4 N–H and O–H groups in total. The Labute approximate surface area is 184 Å². The van der Waals surface area contributed by atoms with E-state index in [0.717, 1.165) is 25.7 Å². The fourth-order valence-electron chi connectivity index (χ4n) is 3.39. The van der Waals surface area contributed by atoms with Crippen molar-refractivity contribution < 1.29 is 38.3 Å². The molecule has 1 aliphatic rings. The van der Waals surface area contributed by atoms with Crippen molar-refractivity contribution in [2.24, 2.45) is 0 Å². The van der Waals surface area contributed by atoms with E-state index in [2.05, 4.69) is 26.4 Å². The molecule has 0 radical (unpaired) electrons. The smallest absolute Gasteiger partial charge is 0.322 e. The Kier molecular flexibility index (Phi) is 8.15. The topological polar surface area (TPSA) is 195 Å². The summed E-state index contributed by atoms with van der Waals surface area (Å²) in [6, 6.07) is 0. The number of phosphoric ester groups is 1. The lowest BCUT2D eigenvalue weighted by Gasteiger charge is -2.24. The number of ether oxygens (including phenoxy) is 1. The number of hydrogen-bond acceptors (Lipinski definition) is 12. The van der Waals surface area contributed by atoms with Crippen LogP contribution in [0.3, 0.4) is 0 Å². The van der Waals surface area contributed by atoms with Gasteiger partial charge in [-0.05, 0) is 6.42 Å². The van der Waals surface area contributed by atoms with E-state index < -0.39 is 44.9 Å². The first-order valence-corrected chi connectivity index (χ1v) is 11.8. The minimum absolute atomic E-state index is 0.0403. The highest BCUT2D eigenvalue weighted by Crippen LogP contribution is 2.41. The highest BCUT2D eigenvalue weighted by molar-refractivity contribution is 7.46. The predicted molar refractivity (Wildman–Crippen MR) is 109 cm³/mol. The Morgan fingerprint density at radius 2 is 2.00 bits per heavy atom. The number of aromatic nitrogens is 4. The molecular weight excluding hydrogens is 445 g/mol. The second kappa shape index (κ2) is 10.6. The molecule has 0 aliphatic carbocycles. The summed E-state index contributed by atoms with van der Waals surface area (Å²) >= 11 is 0. The quantitative estimate of drug-likeness (QED) is 0.301. The third-order valence-electron chi connectivity index (χ3n) is 5.09. The van der Waals surface area contributed by atoms with Crippen LogP contribution < -0.4 is 10.6 Å². The van der Waals surface area contributed by atoms with E-state index in [4.69, 9.17) is 15.0 Å². The van der Waals surface area contributed by atoms with Crippen molar-refractivity contribution in [3.05, 3.63) is 12.7 Å². The molecule has 32 heavy (non-hydrogen) atoms. The number of anilines is 1. The van der Waals surface area contributed by atoms with Gasteiger partial charge in [0.1, 0.15) is 30.2 Å². The van der Waals surface area contributed by atoms with E-state index in [1.807, 2.05) is 0 Å². The molecule has 13 nitrogen and oxygen atoms in total. The van der Waals surface area contributed by atoms with Crippen LogP contribution in [0.15, 0.2) is 12.7 Å². The van der Waals surface area contributed by atoms with E-state index >= 15 is 0 Å². The lowest BCUT2D eigenvalue weighted by atomic mass is 10.1. The number of nitrogens with zero attached hydrogens (tertiary/aromatic N) is 4. The van der Waals surface area contributed by atoms with Crippen LogP contribution >= 0.6 is 7.82 Å². The number of carbonyl (C=O) groups excluding carboxylic acids is 1. The number of nitrogens with two attached hydrogens (primary N) is 1. The molecule has 1 unspecified atom stereocenters. The zero-order valence-corrected chi connectivity index (χ0v) is 18.5. The lowest BCUT2D eigenvalue weighted by Crippen LogP contribution is -2.34. The molecule has 1 aliphatic heterocycles. The summed E-state index contributed by atoms with van der Waals surface area (Å²) in [6.07, 6.45) is 1.58. The number of aliphatic hydroxyl groups is 2. The average molecular weight is 472 g/mol. The summed E-state index contributed by atoms with van der Waals surface area (Å²) in [4.78, 5) is 35.6. The van der Waals surface area contributed by atoms with Gasteiger partial charge >= 0.3 is 13.8 Å². The normalized spacial score (nSPS) is 25.1. The molecule has 14 heteroatoms. The summed E-state index contributed by atoms with van der Waals surface area (Å²) in [7, 11) is -4.96. The number of imidazole rings is 1. The van der Waals surface area contributed by atoms with Gasteiger partial charge in [0.25, 0.3) is 0 Å². The maximum absolute atomic E-state index is 12.0. The van der Waals surface area contributed by atoms with Gasteiger partial charge in [0.2, 0.25) is 0 Å². The average Bonchev–Trinajstić information content (AvgIpc) is 3.29. The van der Waals surface area contributed by atoms with Crippen LogP contribution in [0.25, 0.3) is 11.2 Å². The highest BCUT2D eigenvalue weighted by Gasteiger charge is 2.45. The predicted octanol–water partition coefficient (Wildman–Crippen LogP) is 0.416. The van der Waals surface area contributed by atoms with E-state index in [0.29, 0.717) is 6.42 Å². The second-order valence-electron chi connectivity index (χ2n) is 7.50. The van der Waals surface area contributed by atoms with Crippen LogP contribution in [0, 0.1) is 0 Å². The van der Waals surface area contributed by atoms with Gasteiger partial charge in [-0.15, -0.1) is 0 Å². The zero-order valence-electron chi connectivity index (χ0n) is 17.6. The van der Waals surface area contributed by atoms with Crippen LogP contribution in [0.5, 0.6) is 0 Å². The van der Waals surface area contributed by atoms with Crippen molar-refractivity contribution in [3.8, 4) is 0 Å². The van der Waals surface area contributed by atoms with Crippen molar-refractivity contribution in [2.45, 2.75) is 70.0 Å². The number of rotatable bonds is 11. The number of nitrogen functional groups attached to an aromatic ring is 1. The Morgan fingerprint density at radius 3 is 2.75 bits per heavy atom. The number of carbonyl (C=O) groups is 1. The minimum Gasteiger partial charge on any atom is -0.746 e. The molecule has 0 amide bonds. The van der Waals surface area contributed by atoms with Gasteiger partial charge in [-0.1, -0.05) is 32.6 Å². The van der Waals surface area contributed by atoms with E-state index in [1.54, 1.807) is 0 Å². The van der Waals surface area contributed by atoms with Crippen molar-refractivity contribution >= 4 is 30.8 Å². The second-order valence-corrected chi connectivity index (χ2v) is 8.83. The molecule has 0 spiro atoms. The van der Waals surface area contributed by atoms with Crippen LogP contribution in [0.1, 0.15) is 51.7 Å². The number of phosphoric acid groups is 1. The third kappa shape index (κ3) is 5.80. The maximum atomic E-state index is 12.0. The molecule has 2 aromatic heterocycles. The zero-order chi connectivity index (χ0) is 23.3. The van der Waals surface area contributed by atoms with E-state index in [-0.39, 0.29) is 23.4 Å². The lowest BCUT2D eigenvalue weighted by molar-refractivity contribution is -0.227. The largest absolute Gasteiger partial charge is 0.746 e. The summed E-state index contributed by atoms with van der Waals surface area (Å²) in [5, 5.41) is 20.6. The van der Waals surface area contributed by atoms with Crippen molar-refractivity contribution in [1.82, 2.24) is 19.5 Å². The van der Waals surface area contributed by atoms with Crippen molar-refractivity contribution in [3.63, 3.8) is 0 Å². The summed E-state index contributed by atoms with van der Waals surface area (Å²) in [5.41, 5.74) is 6.28. The number of hydrogen-bond donors (Lipinski definition) is 3. The molecule has 3 rings (SSSR count). The minimum atomic E-state index is -4.96. The van der Waals surface area contributed by atoms with Gasteiger partial charge in [-0.3, -0.25) is 13.9 Å². The van der Waals surface area contributed by atoms with Crippen LogP contribution in [-0.4, -0.2) is 60.6 Å². The van der Waals surface area contributed by atoms with Gasteiger partial charge in [0, 0.05) is 6.42 Å². The van der Waals surface area contributed by atoms with Gasteiger partial charge in [-0.2, -0.15) is 0 Å². The molecule has 5 atom stereocenters. The van der Waals surface area contributed by atoms with Crippen LogP contribution in [-0.2, 0) is 23.1 Å². The monoisotopic (exact) mass is 472 g/mol. The third-order valence-corrected chi connectivity index (χ3v) is 5.99. The molecule has 3 heterocycles. The van der Waals surface area contributed by atoms with Gasteiger partial charge in [-0.25, -0.2) is 15.0 Å². The number of unbranched alkanes of at least 4 members (excludes halogenated alkanes) is 4. The molecule has 0 saturated carbocycles. The summed E-state index contributed by atoms with van der Waals surface area (Å²) < 4.78 is 28.0. The molecule has 2 aromatic rings. The summed E-state index contributed by atoms with van der Waals surface area (Å²) in [6.45, 7) is 1.40. The Morgan fingerprint density at radius 1 is 1.25 bits per heavy atom. The van der Waals surface area contributed by atoms with E-state index in [9.17, 15) is 24.5 Å².